The minimum Gasteiger partial charge on any atom is -0.387 e. The van der Waals surface area contributed by atoms with E-state index in [-0.39, 0.29) is 11.2 Å². The molecule has 0 radical (unpaired) electrons. The van der Waals surface area contributed by atoms with E-state index in [9.17, 15) is 9.59 Å². The number of piperidine rings is 1. The Balaban J connectivity index is 1.26. The van der Waals surface area contributed by atoms with Crippen LogP contribution in [0.5, 0.6) is 0 Å². The standard InChI is InChI=1S/C36H43N7O2/c1-5-43-35(44)33(39-36(45)40-34-25(2)23-37-24-26(34)3)22-32(41-43)31-11-9-10-30(21-31)29-14-12-28(13-15-29)20-27(4)38-16-19-42-17-7-6-8-18-42/h9-15,21-24,38H,4-8,16-20H2,1-3H3,(H2,37,39,40,45). The van der Waals surface area contributed by atoms with Crippen molar-refractivity contribution in [2.75, 3.05) is 36.8 Å². The van der Waals surface area contributed by atoms with E-state index in [1.807, 2.05) is 32.9 Å². The average Bonchev–Trinajstić information content (AvgIpc) is 3.05. The summed E-state index contributed by atoms with van der Waals surface area (Å²) in [6.45, 7) is 14.6. The molecule has 234 valence electrons. The third kappa shape index (κ3) is 8.25. The second kappa shape index (κ2) is 14.8. The fourth-order valence-corrected chi connectivity index (χ4v) is 5.71. The molecule has 3 heterocycles. The minimum absolute atomic E-state index is 0.156. The predicted molar refractivity (Wildman–Crippen MR) is 183 cm³/mol. The Morgan fingerprint density at radius 1 is 0.911 bits per heavy atom. The van der Waals surface area contributed by atoms with Crippen molar-refractivity contribution >= 4 is 17.4 Å². The molecule has 2 aromatic carbocycles. The molecule has 1 fully saturated rings. The number of rotatable bonds is 11. The highest BCUT2D eigenvalue weighted by atomic mass is 16.2. The number of benzene rings is 2. The highest BCUT2D eigenvalue weighted by Gasteiger charge is 2.15. The number of anilines is 2. The first-order valence-corrected chi connectivity index (χ1v) is 15.8. The van der Waals surface area contributed by atoms with Gasteiger partial charge in [0.25, 0.3) is 5.56 Å². The number of hydrogen-bond donors (Lipinski definition) is 3. The number of carbonyl (C=O) groups excluding carboxylic acids is 1. The maximum Gasteiger partial charge on any atom is 0.323 e. The second-order valence-electron chi connectivity index (χ2n) is 11.7. The Bertz CT molecular complexity index is 1690. The van der Waals surface area contributed by atoms with Gasteiger partial charge in [0.15, 0.2) is 0 Å². The molecular formula is C36H43N7O2. The molecule has 0 saturated carbocycles. The van der Waals surface area contributed by atoms with E-state index in [0.29, 0.717) is 17.9 Å². The van der Waals surface area contributed by atoms with Crippen molar-refractivity contribution in [3.8, 4) is 22.4 Å². The zero-order chi connectivity index (χ0) is 31.8. The molecule has 2 amide bonds. The number of aryl methyl sites for hydroxylation is 3. The summed E-state index contributed by atoms with van der Waals surface area (Å²) in [6, 6.07) is 17.7. The Kier molecular flexibility index (Phi) is 10.4. The largest absolute Gasteiger partial charge is 0.387 e. The van der Waals surface area contributed by atoms with Gasteiger partial charge in [-0.25, -0.2) is 9.48 Å². The lowest BCUT2D eigenvalue weighted by Crippen LogP contribution is -2.35. The molecule has 0 spiro atoms. The molecule has 1 aliphatic heterocycles. The number of pyridine rings is 1. The molecule has 0 atom stereocenters. The topological polar surface area (TPSA) is 104 Å². The van der Waals surface area contributed by atoms with Gasteiger partial charge in [-0.15, -0.1) is 0 Å². The number of urea groups is 1. The smallest absolute Gasteiger partial charge is 0.323 e. The van der Waals surface area contributed by atoms with Crippen LogP contribution in [0, 0.1) is 13.8 Å². The summed E-state index contributed by atoms with van der Waals surface area (Å²) in [5.41, 5.74) is 7.90. The molecular weight excluding hydrogens is 562 g/mol. The van der Waals surface area contributed by atoms with Gasteiger partial charge in [-0.2, -0.15) is 5.10 Å². The highest BCUT2D eigenvalue weighted by Crippen LogP contribution is 2.27. The molecule has 1 aliphatic rings. The molecule has 3 N–H and O–H groups in total. The van der Waals surface area contributed by atoms with Crippen molar-refractivity contribution < 1.29 is 4.79 Å². The lowest BCUT2D eigenvalue weighted by molar-refractivity contribution is 0.231. The monoisotopic (exact) mass is 605 g/mol. The first kappa shape index (κ1) is 31.7. The van der Waals surface area contributed by atoms with Crippen molar-refractivity contribution in [3.63, 3.8) is 0 Å². The van der Waals surface area contributed by atoms with Crippen LogP contribution < -0.4 is 21.5 Å². The van der Waals surface area contributed by atoms with Gasteiger partial charge in [0, 0.05) is 49.7 Å². The van der Waals surface area contributed by atoms with Crippen LogP contribution in [-0.4, -0.2) is 51.9 Å². The number of allylic oxidation sites excluding steroid dienone is 1. The van der Waals surface area contributed by atoms with Gasteiger partial charge >= 0.3 is 6.03 Å². The van der Waals surface area contributed by atoms with Gasteiger partial charge in [0.2, 0.25) is 0 Å². The van der Waals surface area contributed by atoms with Crippen LogP contribution in [0.4, 0.5) is 16.2 Å². The van der Waals surface area contributed by atoms with Crippen LogP contribution in [0.1, 0.15) is 42.9 Å². The van der Waals surface area contributed by atoms with E-state index in [1.165, 1.54) is 42.6 Å². The van der Waals surface area contributed by atoms with E-state index >= 15 is 0 Å². The highest BCUT2D eigenvalue weighted by molar-refractivity contribution is 6.00. The van der Waals surface area contributed by atoms with Gasteiger partial charge in [-0.3, -0.25) is 9.78 Å². The number of nitrogens with one attached hydrogen (secondary N) is 3. The van der Waals surface area contributed by atoms with Crippen molar-refractivity contribution in [1.82, 2.24) is 25.0 Å². The Morgan fingerprint density at radius 3 is 2.33 bits per heavy atom. The van der Waals surface area contributed by atoms with Crippen molar-refractivity contribution in [1.29, 1.82) is 0 Å². The molecule has 2 aromatic heterocycles. The van der Waals surface area contributed by atoms with Crippen LogP contribution in [0.2, 0.25) is 0 Å². The molecule has 5 rings (SSSR count). The number of nitrogens with zero attached hydrogens (tertiary/aromatic N) is 4. The Morgan fingerprint density at radius 2 is 1.62 bits per heavy atom. The summed E-state index contributed by atoms with van der Waals surface area (Å²) in [5.74, 6) is 0. The minimum atomic E-state index is -0.502. The summed E-state index contributed by atoms with van der Waals surface area (Å²) in [5, 5.41) is 13.7. The first-order valence-electron chi connectivity index (χ1n) is 15.8. The molecule has 0 unspecified atom stereocenters. The Hall–Kier alpha value is -4.76. The van der Waals surface area contributed by atoms with Crippen LogP contribution in [0.3, 0.4) is 0 Å². The molecule has 4 aromatic rings. The molecule has 0 bridgehead atoms. The maximum atomic E-state index is 13.1. The van der Waals surface area contributed by atoms with E-state index < -0.39 is 6.03 Å². The maximum absolute atomic E-state index is 13.1. The SMILES string of the molecule is C=C(Cc1ccc(-c2cccc(-c3cc(NC(=O)Nc4c(C)cncc4C)c(=O)n(CC)n3)c2)cc1)NCCN1CCCCC1. The zero-order valence-corrected chi connectivity index (χ0v) is 26.5. The fourth-order valence-electron chi connectivity index (χ4n) is 5.71. The summed E-state index contributed by atoms with van der Waals surface area (Å²) >= 11 is 0. The van der Waals surface area contributed by atoms with Crippen molar-refractivity contribution in [3.05, 3.63) is 106 Å². The molecule has 0 aliphatic carbocycles. The number of hydrogen-bond acceptors (Lipinski definition) is 6. The van der Waals surface area contributed by atoms with Crippen LogP contribution in [0.25, 0.3) is 22.4 Å². The van der Waals surface area contributed by atoms with Crippen LogP contribution >= 0.6 is 0 Å². The van der Waals surface area contributed by atoms with Crippen LogP contribution in [-0.2, 0) is 13.0 Å². The Labute approximate surface area is 265 Å². The van der Waals surface area contributed by atoms with Gasteiger partial charge < -0.3 is 20.9 Å². The summed E-state index contributed by atoms with van der Waals surface area (Å²) < 4.78 is 1.36. The third-order valence-electron chi connectivity index (χ3n) is 8.20. The normalized spacial score (nSPS) is 13.3. The van der Waals surface area contributed by atoms with Gasteiger partial charge in [0.05, 0.1) is 11.4 Å². The average molecular weight is 606 g/mol. The number of carbonyl (C=O) groups is 1. The fraction of sp³-hybridized carbons (Fsp3) is 0.333. The summed E-state index contributed by atoms with van der Waals surface area (Å²) in [4.78, 5) is 32.7. The summed E-state index contributed by atoms with van der Waals surface area (Å²) in [6.07, 6.45) is 8.12. The second-order valence-corrected chi connectivity index (χ2v) is 11.7. The lowest BCUT2D eigenvalue weighted by atomic mass is 9.99. The summed E-state index contributed by atoms with van der Waals surface area (Å²) in [7, 11) is 0. The lowest BCUT2D eigenvalue weighted by Gasteiger charge is -2.26. The van der Waals surface area contributed by atoms with Crippen molar-refractivity contribution in [2.24, 2.45) is 0 Å². The number of amides is 2. The first-order chi connectivity index (χ1) is 21.8. The molecule has 45 heavy (non-hydrogen) atoms. The van der Waals surface area contributed by atoms with E-state index in [2.05, 4.69) is 73.9 Å². The van der Waals surface area contributed by atoms with E-state index in [1.54, 1.807) is 18.5 Å². The molecule has 1 saturated heterocycles. The van der Waals surface area contributed by atoms with Gasteiger partial charge in [0.1, 0.15) is 5.69 Å². The van der Waals surface area contributed by atoms with Crippen molar-refractivity contribution in [2.45, 2.75) is 53.0 Å². The third-order valence-corrected chi connectivity index (χ3v) is 8.20. The van der Waals surface area contributed by atoms with Crippen LogP contribution in [0.15, 0.2) is 84.1 Å². The van der Waals surface area contributed by atoms with E-state index in [0.717, 1.165) is 53.0 Å². The van der Waals surface area contributed by atoms with Gasteiger partial charge in [-0.05, 0) is 86.7 Å². The molecule has 9 nitrogen and oxygen atoms in total. The quantitative estimate of drug-likeness (QED) is 0.183. The number of aromatic nitrogens is 3. The zero-order valence-electron chi connectivity index (χ0n) is 26.5. The predicted octanol–water partition coefficient (Wildman–Crippen LogP) is 6.38. The van der Waals surface area contributed by atoms with Gasteiger partial charge in [-0.1, -0.05) is 55.5 Å². The molecule has 9 heteroatoms. The number of likely N-dealkylation sites (tertiary alicyclic amines) is 1. The van der Waals surface area contributed by atoms with E-state index in [4.69, 9.17) is 0 Å².